The lowest BCUT2D eigenvalue weighted by Gasteiger charge is -2.32. The van der Waals surface area contributed by atoms with Crippen molar-refractivity contribution in [2.75, 3.05) is 13.1 Å². The highest BCUT2D eigenvalue weighted by molar-refractivity contribution is 6.31. The molecule has 0 atom stereocenters. The van der Waals surface area contributed by atoms with E-state index in [4.69, 9.17) is 11.6 Å². The Morgan fingerprint density at radius 3 is 2.27 bits per heavy atom. The minimum Gasteiger partial charge on any atom is -0.478 e. The smallest absolute Gasteiger partial charge is 0.335 e. The molecule has 3 rings (SSSR count). The highest BCUT2D eigenvalue weighted by Crippen LogP contribution is 2.24. The number of amides is 1. The Morgan fingerprint density at radius 1 is 1.00 bits per heavy atom. The number of halogens is 1. The van der Waals surface area contributed by atoms with Gasteiger partial charge in [0.15, 0.2) is 0 Å². The fourth-order valence-electron chi connectivity index (χ4n) is 3.52. The number of piperidine rings is 1. The number of carboxylic acid groups (broad SMARTS) is 1. The van der Waals surface area contributed by atoms with Gasteiger partial charge in [0.05, 0.1) is 12.0 Å². The molecule has 1 fully saturated rings. The summed E-state index contributed by atoms with van der Waals surface area (Å²) in [6.07, 6.45) is 2.85. The highest BCUT2D eigenvalue weighted by Gasteiger charge is 2.24. The van der Waals surface area contributed by atoms with Gasteiger partial charge in [0.1, 0.15) is 0 Å². The topological polar surface area (TPSA) is 57.6 Å². The van der Waals surface area contributed by atoms with Crippen molar-refractivity contribution < 1.29 is 14.7 Å². The van der Waals surface area contributed by atoms with E-state index in [1.54, 1.807) is 18.2 Å². The number of hydrogen-bond donors (Lipinski definition) is 1. The molecule has 0 aliphatic carbocycles. The van der Waals surface area contributed by atoms with Crippen molar-refractivity contribution in [1.29, 1.82) is 0 Å². The molecule has 26 heavy (non-hydrogen) atoms. The maximum absolute atomic E-state index is 12.5. The molecule has 0 saturated carbocycles. The molecule has 136 valence electrons. The number of benzene rings is 2. The molecule has 0 unspecified atom stereocenters. The lowest BCUT2D eigenvalue weighted by atomic mass is 9.88. The molecular formula is C21H22ClNO3. The Balaban J connectivity index is 1.55. The van der Waals surface area contributed by atoms with Crippen LogP contribution in [-0.2, 0) is 17.6 Å². The van der Waals surface area contributed by atoms with Crippen molar-refractivity contribution in [2.45, 2.75) is 25.7 Å². The maximum atomic E-state index is 12.5. The number of nitrogens with zero attached hydrogens (tertiary/aromatic N) is 1. The molecule has 2 aromatic rings. The van der Waals surface area contributed by atoms with Crippen LogP contribution in [0.2, 0.25) is 5.02 Å². The van der Waals surface area contributed by atoms with Crippen LogP contribution in [0.15, 0.2) is 48.5 Å². The summed E-state index contributed by atoms with van der Waals surface area (Å²) in [4.78, 5) is 25.8. The van der Waals surface area contributed by atoms with E-state index in [2.05, 4.69) is 0 Å². The van der Waals surface area contributed by atoms with Crippen LogP contribution in [0.25, 0.3) is 0 Å². The van der Waals surface area contributed by atoms with E-state index in [1.807, 2.05) is 35.2 Å². The van der Waals surface area contributed by atoms with Gasteiger partial charge in [-0.15, -0.1) is 0 Å². The Hall–Kier alpha value is -2.33. The molecule has 0 bridgehead atoms. The largest absolute Gasteiger partial charge is 0.478 e. The first kappa shape index (κ1) is 18.5. The van der Waals surface area contributed by atoms with E-state index in [1.165, 1.54) is 0 Å². The molecule has 0 radical (unpaired) electrons. The number of hydrogen-bond acceptors (Lipinski definition) is 2. The average molecular weight is 372 g/mol. The molecule has 1 N–H and O–H groups in total. The normalized spacial score (nSPS) is 15.0. The molecule has 4 nitrogen and oxygen atoms in total. The second kappa shape index (κ2) is 8.37. The van der Waals surface area contributed by atoms with Gasteiger partial charge < -0.3 is 10.0 Å². The third-order valence-corrected chi connectivity index (χ3v) is 5.39. The second-order valence-corrected chi connectivity index (χ2v) is 7.17. The van der Waals surface area contributed by atoms with E-state index in [0.29, 0.717) is 36.0 Å². The van der Waals surface area contributed by atoms with E-state index in [9.17, 15) is 14.7 Å². The van der Waals surface area contributed by atoms with E-state index in [0.717, 1.165) is 30.4 Å². The summed E-state index contributed by atoms with van der Waals surface area (Å²) in [6, 6.07) is 14.6. The average Bonchev–Trinajstić information content (AvgIpc) is 2.64. The van der Waals surface area contributed by atoms with Crippen LogP contribution in [0.1, 0.15) is 34.3 Å². The molecule has 5 heteroatoms. The van der Waals surface area contributed by atoms with Gasteiger partial charge in [0.2, 0.25) is 5.91 Å². The SMILES string of the molecule is O=C(O)c1ccccc1CC1CCN(C(=O)Cc2ccccc2Cl)CC1. The lowest BCUT2D eigenvalue weighted by Crippen LogP contribution is -2.39. The first-order valence-corrected chi connectivity index (χ1v) is 9.24. The quantitative estimate of drug-likeness (QED) is 0.862. The van der Waals surface area contributed by atoms with Crippen molar-refractivity contribution in [3.8, 4) is 0 Å². The van der Waals surface area contributed by atoms with Crippen LogP contribution >= 0.6 is 11.6 Å². The van der Waals surface area contributed by atoms with Crippen molar-refractivity contribution in [2.24, 2.45) is 5.92 Å². The zero-order valence-corrected chi connectivity index (χ0v) is 15.3. The predicted molar refractivity (Wildman–Crippen MR) is 102 cm³/mol. The van der Waals surface area contributed by atoms with Crippen LogP contribution in [0.3, 0.4) is 0 Å². The third-order valence-electron chi connectivity index (χ3n) is 5.02. The molecular weight excluding hydrogens is 350 g/mol. The summed E-state index contributed by atoms with van der Waals surface area (Å²) < 4.78 is 0. The summed E-state index contributed by atoms with van der Waals surface area (Å²) >= 11 is 6.14. The van der Waals surface area contributed by atoms with Crippen molar-refractivity contribution in [3.63, 3.8) is 0 Å². The Kier molecular flexibility index (Phi) is 5.94. The van der Waals surface area contributed by atoms with Crippen LogP contribution in [0.5, 0.6) is 0 Å². The standard InChI is InChI=1S/C21H22ClNO3/c22-19-8-4-2-6-17(19)14-20(24)23-11-9-15(10-12-23)13-16-5-1-3-7-18(16)21(25)26/h1-8,15H,9-14H2,(H,25,26). The van der Waals surface area contributed by atoms with Crippen LogP contribution in [0, 0.1) is 5.92 Å². The second-order valence-electron chi connectivity index (χ2n) is 6.76. The van der Waals surface area contributed by atoms with Gasteiger partial charge in [-0.1, -0.05) is 48.0 Å². The number of likely N-dealkylation sites (tertiary alicyclic amines) is 1. The van der Waals surface area contributed by atoms with Gasteiger partial charge in [-0.2, -0.15) is 0 Å². The molecule has 2 aromatic carbocycles. The fraction of sp³-hybridized carbons (Fsp3) is 0.333. The summed E-state index contributed by atoms with van der Waals surface area (Å²) in [7, 11) is 0. The molecule has 1 heterocycles. The molecule has 1 aliphatic rings. The lowest BCUT2D eigenvalue weighted by molar-refractivity contribution is -0.131. The number of carbonyl (C=O) groups is 2. The van der Waals surface area contributed by atoms with Gasteiger partial charge in [-0.05, 0) is 48.4 Å². The minimum absolute atomic E-state index is 0.0995. The molecule has 0 aromatic heterocycles. The molecule has 1 aliphatic heterocycles. The molecule has 1 amide bonds. The monoisotopic (exact) mass is 371 g/mol. The Bertz CT molecular complexity index is 797. The third kappa shape index (κ3) is 4.44. The van der Waals surface area contributed by atoms with E-state index >= 15 is 0 Å². The first-order chi connectivity index (χ1) is 12.5. The summed E-state index contributed by atoms with van der Waals surface area (Å²) in [5, 5.41) is 9.93. The van der Waals surface area contributed by atoms with Crippen molar-refractivity contribution >= 4 is 23.5 Å². The number of rotatable bonds is 5. The fourth-order valence-corrected chi connectivity index (χ4v) is 3.72. The highest BCUT2D eigenvalue weighted by atomic mass is 35.5. The van der Waals surface area contributed by atoms with Gasteiger partial charge in [-0.3, -0.25) is 4.79 Å². The molecule has 0 spiro atoms. The predicted octanol–water partition coefficient (Wildman–Crippen LogP) is 4.06. The number of carbonyl (C=O) groups excluding carboxylic acids is 1. The molecule has 1 saturated heterocycles. The van der Waals surface area contributed by atoms with Crippen molar-refractivity contribution in [1.82, 2.24) is 4.90 Å². The van der Waals surface area contributed by atoms with Crippen LogP contribution in [-0.4, -0.2) is 35.0 Å². The summed E-state index contributed by atoms with van der Waals surface area (Å²) in [5.74, 6) is -0.379. The maximum Gasteiger partial charge on any atom is 0.335 e. The van der Waals surface area contributed by atoms with Gasteiger partial charge in [0, 0.05) is 18.1 Å². The van der Waals surface area contributed by atoms with Gasteiger partial charge >= 0.3 is 5.97 Å². The Labute approximate surface area is 158 Å². The van der Waals surface area contributed by atoms with Gasteiger partial charge in [-0.25, -0.2) is 4.79 Å². The minimum atomic E-state index is -0.882. The summed E-state index contributed by atoms with van der Waals surface area (Å²) in [5.41, 5.74) is 2.11. The Morgan fingerprint density at radius 2 is 1.62 bits per heavy atom. The summed E-state index contributed by atoms with van der Waals surface area (Å²) in [6.45, 7) is 1.42. The van der Waals surface area contributed by atoms with Crippen molar-refractivity contribution in [3.05, 3.63) is 70.2 Å². The van der Waals surface area contributed by atoms with E-state index in [-0.39, 0.29) is 5.91 Å². The van der Waals surface area contributed by atoms with Gasteiger partial charge in [0.25, 0.3) is 0 Å². The van der Waals surface area contributed by atoms with Crippen LogP contribution in [0.4, 0.5) is 0 Å². The first-order valence-electron chi connectivity index (χ1n) is 8.87. The van der Waals surface area contributed by atoms with Crippen LogP contribution < -0.4 is 0 Å². The van der Waals surface area contributed by atoms with E-state index < -0.39 is 5.97 Å². The zero-order chi connectivity index (χ0) is 18.5. The zero-order valence-electron chi connectivity index (χ0n) is 14.5. The number of carboxylic acids is 1. The number of aromatic carboxylic acids is 1.